The number of sulfone groups is 1. The van der Waals surface area contributed by atoms with Crippen molar-refractivity contribution >= 4 is 15.6 Å². The highest BCUT2D eigenvalue weighted by Gasteiger charge is 2.30. The topological polar surface area (TPSA) is 60.4 Å². The predicted octanol–water partition coefficient (Wildman–Crippen LogP) is 5.14. The summed E-state index contributed by atoms with van der Waals surface area (Å²) in [4.78, 5) is 12.7. The van der Waals surface area contributed by atoms with Gasteiger partial charge in [-0.2, -0.15) is 0 Å². The Morgan fingerprint density at radius 2 is 1.59 bits per heavy atom. The number of hydrogen-bond donors (Lipinski definition) is 0. The van der Waals surface area contributed by atoms with E-state index in [-0.39, 0.29) is 28.6 Å². The maximum Gasteiger partial charge on any atom is 0.152 e. The Hall–Kier alpha value is -1.36. The number of ether oxygens (including phenoxy) is 1. The molecule has 4 nitrogen and oxygen atoms in total. The second-order valence-corrected chi connectivity index (χ2v) is 11.9. The van der Waals surface area contributed by atoms with E-state index < -0.39 is 9.84 Å². The average molecular weight is 421 g/mol. The lowest BCUT2D eigenvalue weighted by Crippen LogP contribution is -2.29. The first kappa shape index (κ1) is 22.3. The lowest BCUT2D eigenvalue weighted by Gasteiger charge is -2.28. The molecule has 0 atom stereocenters. The fourth-order valence-corrected chi connectivity index (χ4v) is 5.95. The molecular formula is C24H36O4S. The largest absolute Gasteiger partial charge is 0.490 e. The number of carbonyl (C=O) groups is 1. The van der Waals surface area contributed by atoms with Gasteiger partial charge in [0.1, 0.15) is 11.5 Å². The summed E-state index contributed by atoms with van der Waals surface area (Å²) in [6.45, 7) is 3.49. The molecule has 2 fully saturated rings. The molecule has 0 spiro atoms. The Morgan fingerprint density at radius 1 is 0.966 bits per heavy atom. The number of Topliss-reactive ketones (excluding diaryl/α,β-unsaturated/α-hetero) is 1. The van der Waals surface area contributed by atoms with E-state index in [2.05, 4.69) is 0 Å². The molecule has 29 heavy (non-hydrogen) atoms. The lowest BCUT2D eigenvalue weighted by molar-refractivity contribution is -0.123. The van der Waals surface area contributed by atoms with E-state index >= 15 is 0 Å². The van der Waals surface area contributed by atoms with Gasteiger partial charge >= 0.3 is 0 Å². The third-order valence-electron chi connectivity index (χ3n) is 6.64. The van der Waals surface area contributed by atoms with E-state index in [0.29, 0.717) is 12.5 Å². The molecule has 0 saturated heterocycles. The van der Waals surface area contributed by atoms with Crippen LogP contribution in [-0.2, 0) is 21.1 Å². The first-order valence-electron chi connectivity index (χ1n) is 11.3. The first-order chi connectivity index (χ1) is 13.8. The van der Waals surface area contributed by atoms with E-state index in [4.69, 9.17) is 4.74 Å². The number of ketones is 1. The van der Waals surface area contributed by atoms with Crippen LogP contribution in [0, 0.1) is 11.8 Å². The highest BCUT2D eigenvalue weighted by molar-refractivity contribution is 7.91. The Morgan fingerprint density at radius 3 is 2.17 bits per heavy atom. The van der Waals surface area contributed by atoms with Crippen LogP contribution in [0.3, 0.4) is 0 Å². The molecule has 0 N–H and O–H groups in total. The number of benzene rings is 1. The Kier molecular flexibility index (Phi) is 7.78. The Balaban J connectivity index is 1.44. The molecule has 162 valence electrons. The minimum absolute atomic E-state index is 0.0752. The average Bonchev–Trinajstić information content (AvgIpc) is 2.70. The summed E-state index contributed by atoms with van der Waals surface area (Å²) in [7, 11) is -3.00. The quantitative estimate of drug-likeness (QED) is 0.584. The molecule has 0 aliphatic heterocycles. The molecule has 1 aromatic rings. The van der Waals surface area contributed by atoms with Gasteiger partial charge < -0.3 is 4.74 Å². The maximum atomic E-state index is 12.7. The summed E-state index contributed by atoms with van der Waals surface area (Å²) >= 11 is 0. The summed E-state index contributed by atoms with van der Waals surface area (Å²) in [6, 6.07) is 8.00. The summed E-state index contributed by atoms with van der Waals surface area (Å²) < 4.78 is 30.3. The number of rotatable bonds is 8. The summed E-state index contributed by atoms with van der Waals surface area (Å²) in [5, 5.41) is -0.313. The van der Waals surface area contributed by atoms with Crippen molar-refractivity contribution in [3.8, 4) is 5.75 Å². The molecule has 1 aromatic carbocycles. The molecule has 2 aliphatic carbocycles. The molecule has 0 unspecified atom stereocenters. The van der Waals surface area contributed by atoms with E-state index in [1.165, 1.54) is 19.3 Å². The van der Waals surface area contributed by atoms with Crippen molar-refractivity contribution in [2.75, 3.05) is 5.75 Å². The summed E-state index contributed by atoms with van der Waals surface area (Å²) in [5.41, 5.74) is 1.04. The van der Waals surface area contributed by atoms with Gasteiger partial charge in [0.25, 0.3) is 0 Å². The normalized spacial score (nSPS) is 23.8. The van der Waals surface area contributed by atoms with Gasteiger partial charge in [0, 0.05) is 12.3 Å². The lowest BCUT2D eigenvalue weighted by atomic mass is 9.79. The second-order valence-electron chi connectivity index (χ2n) is 9.26. The summed E-state index contributed by atoms with van der Waals surface area (Å²) in [6.07, 6.45) is 10.2. The van der Waals surface area contributed by atoms with Crippen LogP contribution < -0.4 is 4.74 Å². The standard InChI is InChI=1S/C24H36O4S/c1-18(2)29(26,27)17-20-8-12-21(13-9-20)24(25)16-19-10-14-23(15-11-19)28-22-6-4-3-5-7-22/h10-11,14-15,18,20-22H,3-9,12-13,16-17H2,1-2H3. The second kappa shape index (κ2) is 10.1. The van der Waals surface area contributed by atoms with Crippen LogP contribution in [0.1, 0.15) is 77.2 Å². The SMILES string of the molecule is CC(C)S(=O)(=O)CC1CCC(C(=O)Cc2ccc(OC3CCCCC3)cc2)CC1. The van der Waals surface area contributed by atoms with Gasteiger partial charge in [-0.15, -0.1) is 0 Å². The van der Waals surface area contributed by atoms with Gasteiger partial charge in [-0.25, -0.2) is 8.42 Å². The fraction of sp³-hybridized carbons (Fsp3) is 0.708. The van der Waals surface area contributed by atoms with E-state index in [1.807, 2.05) is 24.3 Å². The molecular weight excluding hydrogens is 384 g/mol. The van der Waals surface area contributed by atoms with Crippen LogP contribution in [0.5, 0.6) is 5.75 Å². The number of hydrogen-bond acceptors (Lipinski definition) is 4. The molecule has 0 bridgehead atoms. The van der Waals surface area contributed by atoms with Crippen molar-refractivity contribution in [2.45, 2.75) is 89.4 Å². The third kappa shape index (κ3) is 6.56. The molecule has 0 amide bonds. The minimum Gasteiger partial charge on any atom is -0.490 e. The van der Waals surface area contributed by atoms with Crippen LogP contribution in [0.2, 0.25) is 0 Å². The van der Waals surface area contributed by atoms with Crippen LogP contribution in [-0.4, -0.2) is 31.3 Å². The van der Waals surface area contributed by atoms with Crippen molar-refractivity contribution in [3.63, 3.8) is 0 Å². The van der Waals surface area contributed by atoms with Crippen molar-refractivity contribution < 1.29 is 17.9 Å². The van der Waals surface area contributed by atoms with E-state index in [1.54, 1.807) is 13.8 Å². The summed E-state index contributed by atoms with van der Waals surface area (Å²) in [5.74, 6) is 1.75. The first-order valence-corrected chi connectivity index (χ1v) is 13.0. The zero-order valence-electron chi connectivity index (χ0n) is 17.9. The predicted molar refractivity (Wildman–Crippen MR) is 117 cm³/mol. The molecule has 5 heteroatoms. The van der Waals surface area contributed by atoms with Crippen molar-refractivity contribution in [1.29, 1.82) is 0 Å². The van der Waals surface area contributed by atoms with Gasteiger partial charge in [-0.05, 0) is 88.8 Å². The Labute approximate surface area is 176 Å². The monoisotopic (exact) mass is 420 g/mol. The van der Waals surface area contributed by atoms with Gasteiger partial charge in [-0.3, -0.25) is 4.79 Å². The minimum atomic E-state index is -3.00. The molecule has 0 radical (unpaired) electrons. The van der Waals surface area contributed by atoms with Crippen molar-refractivity contribution in [2.24, 2.45) is 11.8 Å². The highest BCUT2D eigenvalue weighted by Crippen LogP contribution is 2.32. The number of carbonyl (C=O) groups excluding carboxylic acids is 1. The van der Waals surface area contributed by atoms with Crippen molar-refractivity contribution in [3.05, 3.63) is 29.8 Å². The fourth-order valence-electron chi connectivity index (χ4n) is 4.58. The van der Waals surface area contributed by atoms with Crippen LogP contribution in [0.4, 0.5) is 0 Å². The zero-order chi connectivity index (χ0) is 20.9. The highest BCUT2D eigenvalue weighted by atomic mass is 32.2. The third-order valence-corrected chi connectivity index (χ3v) is 9.02. The van der Waals surface area contributed by atoms with Gasteiger partial charge in [-0.1, -0.05) is 18.6 Å². The van der Waals surface area contributed by atoms with Crippen molar-refractivity contribution in [1.82, 2.24) is 0 Å². The zero-order valence-corrected chi connectivity index (χ0v) is 18.8. The smallest absolute Gasteiger partial charge is 0.152 e. The van der Waals surface area contributed by atoms with Crippen LogP contribution in [0.25, 0.3) is 0 Å². The molecule has 2 saturated carbocycles. The van der Waals surface area contributed by atoms with Gasteiger partial charge in [0.2, 0.25) is 0 Å². The van der Waals surface area contributed by atoms with Crippen LogP contribution in [0.15, 0.2) is 24.3 Å². The maximum absolute atomic E-state index is 12.7. The van der Waals surface area contributed by atoms with E-state index in [0.717, 1.165) is 49.8 Å². The van der Waals surface area contributed by atoms with Gasteiger partial charge in [0.05, 0.1) is 17.1 Å². The molecule has 2 aliphatic rings. The Bertz CT molecular complexity index is 753. The molecule has 0 aromatic heterocycles. The van der Waals surface area contributed by atoms with Gasteiger partial charge in [0.15, 0.2) is 9.84 Å². The van der Waals surface area contributed by atoms with Crippen LogP contribution >= 0.6 is 0 Å². The molecule has 3 rings (SSSR count). The van der Waals surface area contributed by atoms with E-state index in [9.17, 15) is 13.2 Å². The molecule has 0 heterocycles.